The van der Waals surface area contributed by atoms with Crippen LogP contribution in [0.1, 0.15) is 27.7 Å². The molecule has 1 aromatic rings. The standard InChI is InChI=1S/C8H20N.C3H4N2/c1-5-9(6-2,7-3)8-4;1-2-5-3-4-1/h5-8H2,1-4H3;1-3H,(H,4,5)/q+1;. The molecule has 0 unspecified atom stereocenters. The third-order valence-electron chi connectivity index (χ3n) is 3.09. The number of hydrogen-bond donors (Lipinski definition) is 1. The average Bonchev–Trinajstić information content (AvgIpc) is 2.80. The van der Waals surface area contributed by atoms with Crippen molar-refractivity contribution < 1.29 is 4.48 Å². The first-order valence-corrected chi connectivity index (χ1v) is 5.52. The number of aromatic amines is 1. The highest BCUT2D eigenvalue weighted by Crippen LogP contribution is 2.03. The van der Waals surface area contributed by atoms with Gasteiger partial charge in [0.25, 0.3) is 0 Å². The largest absolute Gasteiger partial charge is 0.351 e. The molecule has 1 rings (SSSR count). The van der Waals surface area contributed by atoms with Crippen LogP contribution in [0.2, 0.25) is 0 Å². The summed E-state index contributed by atoms with van der Waals surface area (Å²) in [6.07, 6.45) is 5.08. The minimum atomic E-state index is 1.28. The molecular weight excluding hydrogens is 174 g/mol. The van der Waals surface area contributed by atoms with E-state index in [1.807, 2.05) is 0 Å². The summed E-state index contributed by atoms with van der Waals surface area (Å²) < 4.78 is 1.28. The van der Waals surface area contributed by atoms with Gasteiger partial charge in [-0.2, -0.15) is 0 Å². The minimum absolute atomic E-state index is 1.28. The van der Waals surface area contributed by atoms with E-state index in [0.29, 0.717) is 0 Å². The lowest BCUT2D eigenvalue weighted by atomic mass is 10.3. The first-order valence-electron chi connectivity index (χ1n) is 5.52. The van der Waals surface area contributed by atoms with E-state index in [0.717, 1.165) is 0 Å². The molecule has 0 fully saturated rings. The zero-order valence-corrected chi connectivity index (χ0v) is 9.95. The molecular formula is C11H24N3+. The van der Waals surface area contributed by atoms with E-state index in [1.54, 1.807) is 18.7 Å². The predicted molar refractivity (Wildman–Crippen MR) is 61.0 cm³/mol. The van der Waals surface area contributed by atoms with Crippen LogP contribution in [0, 0.1) is 0 Å². The van der Waals surface area contributed by atoms with Gasteiger partial charge in [-0.3, -0.25) is 0 Å². The van der Waals surface area contributed by atoms with E-state index in [2.05, 4.69) is 37.7 Å². The smallest absolute Gasteiger partial charge is 0.0919 e. The molecule has 3 heteroatoms. The molecule has 0 radical (unpaired) electrons. The molecule has 0 aliphatic carbocycles. The molecule has 0 aliphatic heterocycles. The molecule has 0 saturated heterocycles. The Morgan fingerprint density at radius 2 is 1.50 bits per heavy atom. The summed E-state index contributed by atoms with van der Waals surface area (Å²) in [5.41, 5.74) is 0. The lowest BCUT2D eigenvalue weighted by Crippen LogP contribution is -2.47. The van der Waals surface area contributed by atoms with Crippen molar-refractivity contribution in [3.8, 4) is 0 Å². The SMILES string of the molecule is CC[N+](CC)(CC)CC.c1c[nH]cn1. The summed E-state index contributed by atoms with van der Waals surface area (Å²) in [5.74, 6) is 0. The number of imidazole rings is 1. The minimum Gasteiger partial charge on any atom is -0.351 e. The molecule has 1 aromatic heterocycles. The van der Waals surface area contributed by atoms with Crippen LogP contribution in [-0.2, 0) is 0 Å². The summed E-state index contributed by atoms with van der Waals surface area (Å²) in [6.45, 7) is 14.2. The topological polar surface area (TPSA) is 28.7 Å². The maximum atomic E-state index is 3.67. The van der Waals surface area contributed by atoms with Gasteiger partial charge in [-0.25, -0.2) is 4.98 Å². The maximum Gasteiger partial charge on any atom is 0.0919 e. The zero-order chi connectivity index (χ0) is 10.9. The van der Waals surface area contributed by atoms with Gasteiger partial charge in [-0.05, 0) is 27.7 Å². The van der Waals surface area contributed by atoms with Crippen LogP contribution in [0.15, 0.2) is 18.7 Å². The monoisotopic (exact) mass is 198 g/mol. The predicted octanol–water partition coefficient (Wildman–Crippen LogP) is 2.29. The fraction of sp³-hybridized carbons (Fsp3) is 0.727. The number of aromatic nitrogens is 2. The van der Waals surface area contributed by atoms with Gasteiger partial charge in [0.15, 0.2) is 0 Å². The number of hydrogen-bond acceptors (Lipinski definition) is 1. The van der Waals surface area contributed by atoms with Crippen molar-refractivity contribution in [1.82, 2.24) is 9.97 Å². The summed E-state index contributed by atoms with van der Waals surface area (Å²) in [7, 11) is 0. The molecule has 1 N–H and O–H groups in total. The van der Waals surface area contributed by atoms with Crippen molar-refractivity contribution in [2.24, 2.45) is 0 Å². The van der Waals surface area contributed by atoms with Crippen LogP contribution < -0.4 is 0 Å². The van der Waals surface area contributed by atoms with Gasteiger partial charge in [0.1, 0.15) is 0 Å². The molecule has 0 aliphatic rings. The molecule has 0 atom stereocenters. The highest BCUT2D eigenvalue weighted by atomic mass is 15.3. The van der Waals surface area contributed by atoms with E-state index >= 15 is 0 Å². The number of H-pyrrole nitrogens is 1. The van der Waals surface area contributed by atoms with Crippen LogP contribution in [0.25, 0.3) is 0 Å². The third-order valence-corrected chi connectivity index (χ3v) is 3.09. The summed E-state index contributed by atoms with van der Waals surface area (Å²) in [5, 5.41) is 0. The molecule has 0 saturated carbocycles. The lowest BCUT2D eigenvalue weighted by molar-refractivity contribution is -0.921. The Labute approximate surface area is 87.8 Å². The van der Waals surface area contributed by atoms with Crippen LogP contribution in [0.5, 0.6) is 0 Å². The van der Waals surface area contributed by atoms with E-state index in [1.165, 1.54) is 30.7 Å². The van der Waals surface area contributed by atoms with Crippen molar-refractivity contribution in [3.63, 3.8) is 0 Å². The van der Waals surface area contributed by atoms with Crippen molar-refractivity contribution in [2.75, 3.05) is 26.2 Å². The van der Waals surface area contributed by atoms with Gasteiger partial charge in [-0.1, -0.05) is 0 Å². The fourth-order valence-electron chi connectivity index (χ4n) is 1.56. The Morgan fingerprint density at radius 1 is 1.00 bits per heavy atom. The molecule has 0 spiro atoms. The second kappa shape index (κ2) is 7.56. The first kappa shape index (κ1) is 13.2. The Balaban J connectivity index is 0.000000280. The van der Waals surface area contributed by atoms with Crippen LogP contribution in [0.4, 0.5) is 0 Å². The van der Waals surface area contributed by atoms with Gasteiger partial charge >= 0.3 is 0 Å². The summed E-state index contributed by atoms with van der Waals surface area (Å²) >= 11 is 0. The van der Waals surface area contributed by atoms with E-state index in [4.69, 9.17) is 0 Å². The van der Waals surface area contributed by atoms with E-state index < -0.39 is 0 Å². The van der Waals surface area contributed by atoms with Crippen molar-refractivity contribution >= 4 is 0 Å². The molecule has 1 heterocycles. The first-order chi connectivity index (χ1) is 6.74. The van der Waals surface area contributed by atoms with Gasteiger partial charge in [0, 0.05) is 12.4 Å². The van der Waals surface area contributed by atoms with E-state index in [-0.39, 0.29) is 0 Å². The van der Waals surface area contributed by atoms with Crippen molar-refractivity contribution in [3.05, 3.63) is 18.7 Å². The maximum absolute atomic E-state index is 3.67. The summed E-state index contributed by atoms with van der Waals surface area (Å²) in [6, 6.07) is 0. The fourth-order valence-corrected chi connectivity index (χ4v) is 1.56. The molecule has 0 aromatic carbocycles. The van der Waals surface area contributed by atoms with Crippen LogP contribution in [-0.4, -0.2) is 40.6 Å². The number of quaternary nitrogens is 1. The van der Waals surface area contributed by atoms with Crippen molar-refractivity contribution in [1.29, 1.82) is 0 Å². The highest BCUT2D eigenvalue weighted by Gasteiger charge is 2.16. The zero-order valence-electron chi connectivity index (χ0n) is 9.95. The van der Waals surface area contributed by atoms with Crippen LogP contribution >= 0.6 is 0 Å². The average molecular weight is 198 g/mol. The van der Waals surface area contributed by atoms with Gasteiger partial charge in [0.2, 0.25) is 0 Å². The van der Waals surface area contributed by atoms with Gasteiger partial charge in [-0.15, -0.1) is 0 Å². The highest BCUT2D eigenvalue weighted by molar-refractivity contribution is 4.64. The van der Waals surface area contributed by atoms with Gasteiger partial charge < -0.3 is 9.47 Å². The number of rotatable bonds is 4. The molecule has 14 heavy (non-hydrogen) atoms. The number of nitrogens with zero attached hydrogens (tertiary/aromatic N) is 2. The quantitative estimate of drug-likeness (QED) is 0.739. The Kier molecular flexibility index (Phi) is 7.11. The van der Waals surface area contributed by atoms with Gasteiger partial charge in [0.05, 0.1) is 32.5 Å². The third kappa shape index (κ3) is 4.42. The molecule has 0 amide bonds. The summed E-state index contributed by atoms with van der Waals surface area (Å²) in [4.78, 5) is 6.42. The molecule has 0 bridgehead atoms. The normalized spacial score (nSPS) is 10.6. The molecule has 82 valence electrons. The van der Waals surface area contributed by atoms with E-state index in [9.17, 15) is 0 Å². The molecule has 3 nitrogen and oxygen atoms in total. The van der Waals surface area contributed by atoms with Crippen LogP contribution in [0.3, 0.4) is 0 Å². The van der Waals surface area contributed by atoms with Crippen molar-refractivity contribution in [2.45, 2.75) is 27.7 Å². The number of nitrogens with one attached hydrogen (secondary N) is 1. The Morgan fingerprint density at radius 3 is 1.57 bits per heavy atom. The Bertz CT molecular complexity index is 156. The Hall–Kier alpha value is -0.830. The lowest BCUT2D eigenvalue weighted by Gasteiger charge is -2.34. The second-order valence-electron chi connectivity index (χ2n) is 3.37. The second-order valence-corrected chi connectivity index (χ2v) is 3.37.